The maximum absolute atomic E-state index is 7.03. The van der Waals surface area contributed by atoms with E-state index in [-0.39, 0.29) is 18.2 Å². The zero-order valence-electron chi connectivity index (χ0n) is 39.4. The van der Waals surface area contributed by atoms with Gasteiger partial charge >= 0.3 is 0 Å². The van der Waals surface area contributed by atoms with Gasteiger partial charge < -0.3 is 28.1 Å². The molecule has 2 aliphatic heterocycles. The molecule has 6 heteroatoms. The van der Waals surface area contributed by atoms with Gasteiger partial charge in [-0.3, -0.25) is 0 Å². The van der Waals surface area contributed by atoms with Crippen molar-refractivity contribution in [2.24, 2.45) is 0 Å². The Kier molecular flexibility index (Phi) is 10.2. The normalized spacial score (nSPS) is 16.8. The van der Waals surface area contributed by atoms with Crippen LogP contribution in [0.2, 0.25) is 0 Å². The van der Waals surface area contributed by atoms with Crippen molar-refractivity contribution in [3.63, 3.8) is 0 Å². The van der Waals surface area contributed by atoms with Crippen LogP contribution >= 0.6 is 0 Å². The van der Waals surface area contributed by atoms with Crippen molar-refractivity contribution in [3.05, 3.63) is 259 Å². The topological polar surface area (TPSA) is 51.2 Å². The molecule has 3 aliphatic rings. The molecule has 6 nitrogen and oxygen atoms in total. The number of fused-ring (bicyclic) bond motifs is 8. The molecule has 0 amide bonds. The van der Waals surface area contributed by atoms with Crippen LogP contribution in [0.15, 0.2) is 251 Å². The van der Waals surface area contributed by atoms with Gasteiger partial charge in [-0.1, -0.05) is 127 Å². The summed E-state index contributed by atoms with van der Waals surface area (Å²) in [6.45, 7) is 0. The largest absolute Gasteiger partial charge is 0.484 e. The third-order valence-electron chi connectivity index (χ3n) is 14.7. The number of rotatable bonds is 10. The minimum atomic E-state index is -0.123. The lowest BCUT2D eigenvalue weighted by Crippen LogP contribution is -2.31. The molecule has 3 atom stereocenters. The van der Waals surface area contributed by atoms with Gasteiger partial charge in [-0.15, -0.1) is 0 Å². The predicted octanol–water partition coefficient (Wildman–Crippen LogP) is 17.2. The van der Waals surface area contributed by atoms with Crippen molar-refractivity contribution in [2.45, 2.75) is 37.5 Å². The maximum Gasteiger partial charge on any atom is 0.135 e. The van der Waals surface area contributed by atoms with Gasteiger partial charge in [0.25, 0.3) is 0 Å². The van der Waals surface area contributed by atoms with Crippen molar-refractivity contribution in [3.8, 4) is 34.1 Å². The standard InChI is InChI=1S/C66H48N2O4/c1-3-15-49(16-4-1)67(51-31-23-43(24-32-51)61-39-47-13-7-11-21-59(47)69-61)53-35-27-45(28-36-53)63-41-57-58-42-64(72-66(58)56-20-10-9-19-55(56)65(57)71-63)46-29-37-54(38-30-46)68(50-17-5-2-6-18-50)52-33-25-44(26-34-52)62-40-48-14-8-12-22-60(48)70-62/h1-37,39-40,54,63-64H,38,41-42H2. The van der Waals surface area contributed by atoms with E-state index in [9.17, 15) is 0 Å². The van der Waals surface area contributed by atoms with E-state index in [1.165, 1.54) is 16.7 Å². The second-order valence-corrected chi connectivity index (χ2v) is 19.0. The summed E-state index contributed by atoms with van der Waals surface area (Å²) in [5.41, 5.74) is 14.3. The molecule has 72 heavy (non-hydrogen) atoms. The van der Waals surface area contributed by atoms with Crippen LogP contribution in [0.1, 0.15) is 29.2 Å². The van der Waals surface area contributed by atoms with E-state index in [0.29, 0.717) is 0 Å². The Morgan fingerprint density at radius 2 is 0.875 bits per heavy atom. The lowest BCUT2D eigenvalue weighted by Gasteiger charge is -2.33. The predicted molar refractivity (Wildman–Crippen MR) is 291 cm³/mol. The molecule has 0 N–H and O–H groups in total. The first-order chi connectivity index (χ1) is 35.6. The number of ether oxygens (including phenoxy) is 2. The Balaban J connectivity index is 0.711. The summed E-state index contributed by atoms with van der Waals surface area (Å²) in [5, 5.41) is 4.41. The van der Waals surface area contributed by atoms with E-state index in [0.717, 1.165) is 120 Å². The molecule has 4 heterocycles. The first-order valence-electron chi connectivity index (χ1n) is 24.9. The average Bonchev–Trinajstić information content (AvgIpc) is 4.28. The van der Waals surface area contributed by atoms with Crippen LogP contribution in [-0.4, -0.2) is 12.1 Å². The van der Waals surface area contributed by atoms with Crippen LogP contribution in [0.4, 0.5) is 28.4 Å². The van der Waals surface area contributed by atoms with E-state index >= 15 is 0 Å². The molecule has 11 aromatic rings. The van der Waals surface area contributed by atoms with Crippen LogP contribution < -0.4 is 19.3 Å². The van der Waals surface area contributed by atoms with Gasteiger partial charge in [-0.05, 0) is 127 Å². The summed E-state index contributed by atoms with van der Waals surface area (Å²) < 4.78 is 26.5. The van der Waals surface area contributed by atoms with Gasteiger partial charge in [-0.25, -0.2) is 0 Å². The number of para-hydroxylation sites is 4. The highest BCUT2D eigenvalue weighted by molar-refractivity contribution is 5.97. The van der Waals surface area contributed by atoms with E-state index in [1.807, 2.05) is 36.4 Å². The van der Waals surface area contributed by atoms with Crippen molar-refractivity contribution in [1.82, 2.24) is 0 Å². The molecule has 1 aliphatic carbocycles. The van der Waals surface area contributed by atoms with E-state index in [1.54, 1.807) is 0 Å². The summed E-state index contributed by atoms with van der Waals surface area (Å²) >= 11 is 0. The van der Waals surface area contributed by atoms with Gasteiger partial charge in [0.05, 0.1) is 6.04 Å². The first kappa shape index (κ1) is 41.9. The summed E-state index contributed by atoms with van der Waals surface area (Å²) in [6, 6.07) is 76.7. The van der Waals surface area contributed by atoms with Crippen LogP contribution in [-0.2, 0) is 12.8 Å². The number of nitrogens with zero attached hydrogens (tertiary/aromatic N) is 2. The monoisotopic (exact) mass is 932 g/mol. The Hall–Kier alpha value is -9.00. The van der Waals surface area contributed by atoms with Gasteiger partial charge in [0, 0.05) is 85.1 Å². The van der Waals surface area contributed by atoms with Crippen molar-refractivity contribution in [1.29, 1.82) is 0 Å². The molecule has 0 bridgehead atoms. The zero-order valence-corrected chi connectivity index (χ0v) is 39.4. The van der Waals surface area contributed by atoms with Crippen molar-refractivity contribution < 1.29 is 18.3 Å². The fourth-order valence-electron chi connectivity index (χ4n) is 11.1. The molecular formula is C66H48N2O4. The highest BCUT2D eigenvalue weighted by Crippen LogP contribution is 2.52. The summed E-state index contributed by atoms with van der Waals surface area (Å²) in [6.07, 6.45) is 9.24. The molecule has 0 fully saturated rings. The molecule has 0 spiro atoms. The van der Waals surface area contributed by atoms with Crippen LogP contribution in [0.3, 0.4) is 0 Å². The fourth-order valence-corrected chi connectivity index (χ4v) is 11.1. The molecule has 2 aromatic heterocycles. The van der Waals surface area contributed by atoms with Crippen LogP contribution in [0, 0.1) is 0 Å². The Bertz CT molecular complexity index is 3790. The van der Waals surface area contributed by atoms with Gasteiger partial charge in [-0.2, -0.15) is 0 Å². The minimum Gasteiger partial charge on any atom is -0.484 e. The van der Waals surface area contributed by atoms with E-state index in [4.69, 9.17) is 18.3 Å². The van der Waals surface area contributed by atoms with Crippen LogP contribution in [0.25, 0.3) is 55.4 Å². The molecule has 0 saturated carbocycles. The lowest BCUT2D eigenvalue weighted by molar-refractivity contribution is 0.241. The van der Waals surface area contributed by atoms with Crippen LogP contribution in [0.5, 0.6) is 11.5 Å². The lowest BCUT2D eigenvalue weighted by atomic mass is 9.91. The number of anilines is 5. The molecule has 14 rings (SSSR count). The summed E-state index contributed by atoms with van der Waals surface area (Å²) in [4.78, 5) is 4.73. The third-order valence-corrected chi connectivity index (χ3v) is 14.7. The average molecular weight is 933 g/mol. The highest BCUT2D eigenvalue weighted by Gasteiger charge is 2.37. The first-order valence-corrected chi connectivity index (χ1v) is 24.9. The van der Waals surface area contributed by atoms with Gasteiger partial charge in [0.2, 0.25) is 0 Å². The zero-order chi connectivity index (χ0) is 47.5. The van der Waals surface area contributed by atoms with Gasteiger partial charge in [0.15, 0.2) is 0 Å². The number of hydrogen-bond acceptors (Lipinski definition) is 6. The molecule has 0 saturated heterocycles. The smallest absolute Gasteiger partial charge is 0.135 e. The van der Waals surface area contributed by atoms with E-state index in [2.05, 4.69) is 210 Å². The molecule has 3 unspecified atom stereocenters. The van der Waals surface area contributed by atoms with Gasteiger partial charge in [0.1, 0.15) is 46.4 Å². The second-order valence-electron chi connectivity index (χ2n) is 19.0. The van der Waals surface area contributed by atoms with Crippen molar-refractivity contribution in [2.75, 3.05) is 9.80 Å². The number of furan rings is 2. The second kappa shape index (κ2) is 17.4. The van der Waals surface area contributed by atoms with Crippen molar-refractivity contribution >= 4 is 61.1 Å². The third kappa shape index (κ3) is 7.42. The molecule has 9 aromatic carbocycles. The highest BCUT2D eigenvalue weighted by atomic mass is 16.5. The number of benzene rings is 9. The van der Waals surface area contributed by atoms with E-state index < -0.39 is 0 Å². The number of hydrogen-bond donors (Lipinski definition) is 0. The quantitative estimate of drug-likeness (QED) is 0.136. The minimum absolute atomic E-state index is 0.0875. The SMILES string of the molecule is C1=CC(N(c2ccccc2)c2ccc(-c3cc4ccccc4o3)cc2)CC=C1C1Cc2c3c(c4ccccc4c2O1)OC(c1ccc(N(c2ccccc2)c2ccc(-c4cc5ccccc5o4)cc2)cc1)C3. The Morgan fingerprint density at radius 3 is 1.43 bits per heavy atom. The summed E-state index contributed by atoms with van der Waals surface area (Å²) in [7, 11) is 0. The molecule has 0 radical (unpaired) electrons. The fraction of sp³-hybridized carbons (Fsp3) is 0.0909. The maximum atomic E-state index is 7.03. The Morgan fingerprint density at radius 1 is 0.417 bits per heavy atom. The summed E-state index contributed by atoms with van der Waals surface area (Å²) in [5.74, 6) is 3.71. The molecular weight excluding hydrogens is 885 g/mol. The Labute approximate surface area is 417 Å². The molecule has 346 valence electrons.